The molecule has 1 aliphatic rings. The van der Waals surface area contributed by atoms with E-state index in [-0.39, 0.29) is 29.8 Å². The number of para-hydroxylation sites is 1. The van der Waals surface area contributed by atoms with Gasteiger partial charge < -0.3 is 10.2 Å². The number of hydrogen-bond donors (Lipinski definition) is 1. The molecule has 2 amide bonds. The lowest BCUT2D eigenvalue weighted by Crippen LogP contribution is -2.43. The van der Waals surface area contributed by atoms with Crippen molar-refractivity contribution in [1.29, 1.82) is 0 Å². The molecule has 0 saturated carbocycles. The summed E-state index contributed by atoms with van der Waals surface area (Å²) in [4.78, 5) is 46.7. The highest BCUT2D eigenvalue weighted by molar-refractivity contribution is 7.22. The fraction of sp³-hybridized carbons (Fsp3) is 0.259. The minimum Gasteiger partial charge on any atom is -0.341 e. The number of carbonyl (C=O) groups excluding carboxylic acids is 2. The Morgan fingerprint density at radius 2 is 1.69 bits per heavy atom. The zero-order valence-electron chi connectivity index (χ0n) is 19.4. The maximum Gasteiger partial charge on any atom is 0.262 e. The Balaban J connectivity index is 1.25. The molecular formula is C27H26N4O3S. The Bertz CT molecular complexity index is 1420. The molecule has 0 atom stereocenters. The Labute approximate surface area is 207 Å². The van der Waals surface area contributed by atoms with E-state index in [4.69, 9.17) is 0 Å². The van der Waals surface area contributed by atoms with Crippen molar-refractivity contribution in [3.05, 3.63) is 82.9 Å². The summed E-state index contributed by atoms with van der Waals surface area (Å²) in [6.07, 6.45) is 2.66. The highest BCUT2D eigenvalue weighted by atomic mass is 32.1. The van der Waals surface area contributed by atoms with Crippen LogP contribution in [0.4, 0.5) is 5.69 Å². The van der Waals surface area contributed by atoms with Crippen LogP contribution in [0.2, 0.25) is 0 Å². The van der Waals surface area contributed by atoms with Gasteiger partial charge in [-0.15, -0.1) is 11.3 Å². The summed E-state index contributed by atoms with van der Waals surface area (Å²) in [5.74, 6) is -0.285. The number of fused-ring (bicyclic) bond motifs is 1. The van der Waals surface area contributed by atoms with E-state index in [1.807, 2.05) is 67.6 Å². The van der Waals surface area contributed by atoms with Crippen LogP contribution >= 0.6 is 11.3 Å². The van der Waals surface area contributed by atoms with E-state index in [0.717, 1.165) is 21.7 Å². The van der Waals surface area contributed by atoms with Gasteiger partial charge in [0.2, 0.25) is 11.8 Å². The van der Waals surface area contributed by atoms with E-state index in [2.05, 4.69) is 10.3 Å². The van der Waals surface area contributed by atoms with Crippen LogP contribution in [-0.2, 0) is 16.1 Å². The Hall–Kier alpha value is -3.78. The predicted molar refractivity (Wildman–Crippen MR) is 138 cm³/mol. The molecular weight excluding hydrogens is 460 g/mol. The Kier molecular flexibility index (Phi) is 6.46. The monoisotopic (exact) mass is 486 g/mol. The van der Waals surface area contributed by atoms with Crippen molar-refractivity contribution < 1.29 is 9.59 Å². The molecule has 4 aromatic rings. The molecule has 0 aliphatic carbocycles. The van der Waals surface area contributed by atoms with Crippen LogP contribution < -0.4 is 10.9 Å². The molecule has 0 spiro atoms. The van der Waals surface area contributed by atoms with Gasteiger partial charge in [-0.25, -0.2) is 4.98 Å². The Morgan fingerprint density at radius 3 is 2.37 bits per heavy atom. The molecule has 0 bridgehead atoms. The molecule has 7 nitrogen and oxygen atoms in total. The summed E-state index contributed by atoms with van der Waals surface area (Å²) in [5.41, 5.74) is 2.52. The number of anilines is 1. The molecule has 35 heavy (non-hydrogen) atoms. The molecule has 1 N–H and O–H groups in total. The van der Waals surface area contributed by atoms with Gasteiger partial charge in [-0.1, -0.05) is 48.5 Å². The summed E-state index contributed by atoms with van der Waals surface area (Å²) < 4.78 is 1.40. The van der Waals surface area contributed by atoms with Crippen molar-refractivity contribution in [2.75, 3.05) is 18.4 Å². The first-order chi connectivity index (χ1) is 17.0. The van der Waals surface area contributed by atoms with E-state index >= 15 is 0 Å². The number of aryl methyl sites for hydroxylation is 1. The number of amides is 2. The van der Waals surface area contributed by atoms with Crippen molar-refractivity contribution in [2.45, 2.75) is 26.3 Å². The first kappa shape index (κ1) is 23.0. The SMILES string of the molecule is Cc1c(-c2ccccc2)sc2ncn(CC(=O)N3CCC(C(=O)Nc4ccccc4)CC3)c(=O)c12. The molecule has 178 valence electrons. The number of piperidine rings is 1. The van der Waals surface area contributed by atoms with Crippen LogP contribution in [0.1, 0.15) is 18.4 Å². The van der Waals surface area contributed by atoms with Crippen LogP contribution in [0.3, 0.4) is 0 Å². The average Bonchev–Trinajstić information content (AvgIpc) is 3.23. The van der Waals surface area contributed by atoms with Crippen molar-refractivity contribution in [3.8, 4) is 10.4 Å². The third kappa shape index (κ3) is 4.74. The quantitative estimate of drug-likeness (QED) is 0.456. The van der Waals surface area contributed by atoms with Gasteiger partial charge in [-0.05, 0) is 43.0 Å². The zero-order chi connectivity index (χ0) is 24.4. The second kappa shape index (κ2) is 9.84. The largest absolute Gasteiger partial charge is 0.341 e. The van der Waals surface area contributed by atoms with Gasteiger partial charge in [0, 0.05) is 29.6 Å². The second-order valence-electron chi connectivity index (χ2n) is 8.79. The maximum atomic E-state index is 13.2. The van der Waals surface area contributed by atoms with Gasteiger partial charge in [0.05, 0.1) is 11.7 Å². The minimum atomic E-state index is -0.198. The van der Waals surface area contributed by atoms with Crippen LogP contribution in [0.25, 0.3) is 20.7 Å². The van der Waals surface area contributed by atoms with E-state index in [1.165, 1.54) is 22.2 Å². The summed E-state index contributed by atoms with van der Waals surface area (Å²) >= 11 is 1.49. The van der Waals surface area contributed by atoms with Gasteiger partial charge in [0.25, 0.3) is 5.56 Å². The van der Waals surface area contributed by atoms with Gasteiger partial charge in [-0.3, -0.25) is 19.0 Å². The summed E-state index contributed by atoms with van der Waals surface area (Å²) in [6, 6.07) is 19.3. The fourth-order valence-electron chi connectivity index (χ4n) is 4.54. The number of aromatic nitrogens is 2. The minimum absolute atomic E-state index is 0.0173. The average molecular weight is 487 g/mol. The summed E-state index contributed by atoms with van der Waals surface area (Å²) in [5, 5.41) is 3.51. The summed E-state index contributed by atoms with van der Waals surface area (Å²) in [6.45, 7) is 2.86. The van der Waals surface area contributed by atoms with Crippen LogP contribution in [-0.4, -0.2) is 39.4 Å². The standard InChI is InChI=1S/C27H26N4O3S/c1-18-23-26(35-24(18)19-8-4-2-5-9-19)28-17-31(27(23)34)16-22(32)30-14-12-20(13-15-30)25(33)29-21-10-6-3-7-11-21/h2-11,17,20H,12-16H2,1H3,(H,29,33). The first-order valence-corrected chi connectivity index (χ1v) is 12.5. The number of likely N-dealkylation sites (tertiary alicyclic amines) is 1. The number of nitrogens with zero attached hydrogens (tertiary/aromatic N) is 3. The van der Waals surface area contributed by atoms with E-state index < -0.39 is 0 Å². The van der Waals surface area contributed by atoms with E-state index in [1.54, 1.807) is 4.90 Å². The van der Waals surface area contributed by atoms with Crippen LogP contribution in [0.5, 0.6) is 0 Å². The zero-order valence-corrected chi connectivity index (χ0v) is 20.3. The number of nitrogens with one attached hydrogen (secondary N) is 1. The lowest BCUT2D eigenvalue weighted by atomic mass is 9.95. The molecule has 0 radical (unpaired) electrons. The van der Waals surface area contributed by atoms with Gasteiger partial charge >= 0.3 is 0 Å². The van der Waals surface area contributed by atoms with Crippen molar-refractivity contribution in [3.63, 3.8) is 0 Å². The number of benzene rings is 2. The van der Waals surface area contributed by atoms with Crippen LogP contribution in [0, 0.1) is 12.8 Å². The van der Waals surface area contributed by atoms with Crippen LogP contribution in [0.15, 0.2) is 71.8 Å². The number of hydrogen-bond acceptors (Lipinski definition) is 5. The highest BCUT2D eigenvalue weighted by Gasteiger charge is 2.28. The molecule has 1 saturated heterocycles. The van der Waals surface area contributed by atoms with Crippen molar-refractivity contribution >= 4 is 39.1 Å². The third-order valence-electron chi connectivity index (χ3n) is 6.52. The Morgan fingerprint density at radius 1 is 1.03 bits per heavy atom. The third-order valence-corrected chi connectivity index (χ3v) is 7.77. The molecule has 1 fully saturated rings. The maximum absolute atomic E-state index is 13.2. The molecule has 2 aromatic heterocycles. The topological polar surface area (TPSA) is 84.3 Å². The highest BCUT2D eigenvalue weighted by Crippen LogP contribution is 2.35. The molecule has 2 aromatic carbocycles. The number of rotatable bonds is 5. The molecule has 8 heteroatoms. The second-order valence-corrected chi connectivity index (χ2v) is 9.79. The molecule has 5 rings (SSSR count). The smallest absolute Gasteiger partial charge is 0.262 e. The molecule has 3 heterocycles. The summed E-state index contributed by atoms with van der Waals surface area (Å²) in [7, 11) is 0. The number of carbonyl (C=O) groups is 2. The van der Waals surface area contributed by atoms with E-state index in [9.17, 15) is 14.4 Å². The van der Waals surface area contributed by atoms with Gasteiger partial charge in [0.15, 0.2) is 0 Å². The lowest BCUT2D eigenvalue weighted by molar-refractivity contribution is -0.135. The van der Waals surface area contributed by atoms with Crippen molar-refractivity contribution in [2.24, 2.45) is 5.92 Å². The van der Waals surface area contributed by atoms with Gasteiger partial charge in [-0.2, -0.15) is 0 Å². The fourth-order valence-corrected chi connectivity index (χ4v) is 5.68. The predicted octanol–water partition coefficient (Wildman–Crippen LogP) is 4.31. The normalized spacial score (nSPS) is 14.3. The lowest BCUT2D eigenvalue weighted by Gasteiger charge is -2.31. The van der Waals surface area contributed by atoms with Gasteiger partial charge in [0.1, 0.15) is 11.4 Å². The van der Waals surface area contributed by atoms with E-state index in [0.29, 0.717) is 36.1 Å². The first-order valence-electron chi connectivity index (χ1n) is 11.7. The number of thiophene rings is 1. The molecule has 0 unspecified atom stereocenters. The van der Waals surface area contributed by atoms with Crippen molar-refractivity contribution in [1.82, 2.24) is 14.5 Å². The molecule has 1 aliphatic heterocycles.